The number of hydrogen-bond donors (Lipinski definition) is 2. The number of aliphatic carboxylic acids is 1. The van der Waals surface area contributed by atoms with Gasteiger partial charge < -0.3 is 15.3 Å². The Labute approximate surface area is 131 Å². The summed E-state index contributed by atoms with van der Waals surface area (Å²) in [5.41, 5.74) is 0.764. The molecular weight excluding hydrogens is 308 g/mol. The molecule has 2 aliphatic rings. The van der Waals surface area contributed by atoms with Crippen LogP contribution in [0.1, 0.15) is 29.3 Å². The second kappa shape index (κ2) is 5.53. The van der Waals surface area contributed by atoms with E-state index in [1.165, 1.54) is 4.90 Å². The molecule has 2 heterocycles. The van der Waals surface area contributed by atoms with Gasteiger partial charge in [0.15, 0.2) is 6.04 Å². The fourth-order valence-corrected chi connectivity index (χ4v) is 4.36. The van der Waals surface area contributed by atoms with Gasteiger partial charge in [-0.3, -0.25) is 0 Å². The van der Waals surface area contributed by atoms with Crippen molar-refractivity contribution >= 4 is 35.1 Å². The van der Waals surface area contributed by atoms with E-state index < -0.39 is 12.0 Å². The van der Waals surface area contributed by atoms with Crippen molar-refractivity contribution in [1.82, 2.24) is 10.2 Å². The third kappa shape index (κ3) is 2.76. The van der Waals surface area contributed by atoms with Crippen molar-refractivity contribution in [3.8, 4) is 0 Å². The van der Waals surface area contributed by atoms with Gasteiger partial charge in [0, 0.05) is 22.7 Å². The molecule has 1 unspecified atom stereocenters. The molecule has 0 radical (unpaired) electrons. The molecule has 0 bridgehead atoms. The fourth-order valence-electron chi connectivity index (χ4n) is 2.73. The molecule has 5 nitrogen and oxygen atoms in total. The van der Waals surface area contributed by atoms with E-state index in [0.29, 0.717) is 13.1 Å². The zero-order chi connectivity index (χ0) is 15.0. The van der Waals surface area contributed by atoms with Crippen LogP contribution in [0.3, 0.4) is 0 Å². The predicted molar refractivity (Wildman–Crippen MR) is 84.0 cm³/mol. The lowest BCUT2D eigenvalue weighted by Crippen LogP contribution is -2.49. The van der Waals surface area contributed by atoms with Gasteiger partial charge in [-0.15, -0.1) is 11.3 Å². The number of nitrogens with one attached hydrogen (secondary N) is 1. The van der Waals surface area contributed by atoms with Gasteiger partial charge in [-0.05, 0) is 42.5 Å². The van der Waals surface area contributed by atoms with Gasteiger partial charge >= 0.3 is 12.0 Å². The summed E-state index contributed by atoms with van der Waals surface area (Å²) in [5.74, 6) is -0.962. The van der Waals surface area contributed by atoms with E-state index in [2.05, 4.69) is 11.6 Å². The van der Waals surface area contributed by atoms with Crippen LogP contribution in [-0.2, 0) is 11.2 Å². The molecule has 0 saturated heterocycles. The van der Waals surface area contributed by atoms with Crippen LogP contribution >= 0.6 is 23.1 Å². The first-order chi connectivity index (χ1) is 10.1. The Balaban J connectivity index is 1.72. The second-order valence-corrected chi connectivity index (χ2v) is 7.80. The Kier molecular flexibility index (Phi) is 3.88. The van der Waals surface area contributed by atoms with Crippen LogP contribution in [0, 0.1) is 0 Å². The van der Waals surface area contributed by atoms with Crippen LogP contribution in [0.15, 0.2) is 11.4 Å². The molecule has 1 saturated carbocycles. The van der Waals surface area contributed by atoms with Crippen molar-refractivity contribution in [3.63, 3.8) is 0 Å². The quantitative estimate of drug-likeness (QED) is 0.891. The van der Waals surface area contributed by atoms with Crippen LogP contribution in [0.4, 0.5) is 4.79 Å². The summed E-state index contributed by atoms with van der Waals surface area (Å²) in [6, 6.07) is 0.701. The Hall–Kier alpha value is -1.21. The Morgan fingerprint density at radius 2 is 2.33 bits per heavy atom. The highest BCUT2D eigenvalue weighted by molar-refractivity contribution is 8.00. The maximum Gasteiger partial charge on any atom is 0.331 e. The second-order valence-electron chi connectivity index (χ2n) is 5.53. The van der Waals surface area contributed by atoms with Gasteiger partial charge in [-0.1, -0.05) is 0 Å². The van der Waals surface area contributed by atoms with Crippen molar-refractivity contribution in [3.05, 3.63) is 21.9 Å². The van der Waals surface area contributed by atoms with Crippen molar-refractivity contribution in [1.29, 1.82) is 0 Å². The standard InChI is InChI=1S/C14H18N2O3S2/c1-20-14(4-5-14)8-15-13(19)16-6-2-10-9(3-7-21-10)11(16)12(17)18/h3,7,11H,2,4-6,8H2,1H3,(H,15,19)(H,17,18). The SMILES string of the molecule is CSC1(CNC(=O)N2CCc3sccc3C2C(=O)O)CC1. The largest absolute Gasteiger partial charge is 0.479 e. The van der Waals surface area contributed by atoms with Gasteiger partial charge in [-0.25, -0.2) is 9.59 Å². The molecule has 1 fully saturated rings. The average Bonchev–Trinajstić information content (AvgIpc) is 3.11. The van der Waals surface area contributed by atoms with Gasteiger partial charge in [-0.2, -0.15) is 11.8 Å². The number of carboxylic acid groups (broad SMARTS) is 1. The monoisotopic (exact) mass is 326 g/mol. The topological polar surface area (TPSA) is 69.6 Å². The minimum absolute atomic E-state index is 0.178. The molecule has 1 aliphatic heterocycles. The number of amides is 2. The molecule has 2 amide bonds. The van der Waals surface area contributed by atoms with E-state index >= 15 is 0 Å². The number of thioether (sulfide) groups is 1. The first-order valence-electron chi connectivity index (χ1n) is 6.95. The maximum absolute atomic E-state index is 12.4. The number of rotatable bonds is 4. The summed E-state index contributed by atoms with van der Waals surface area (Å²) in [6.45, 7) is 1.08. The summed E-state index contributed by atoms with van der Waals surface area (Å²) in [4.78, 5) is 26.5. The molecule has 0 aromatic carbocycles. The summed E-state index contributed by atoms with van der Waals surface area (Å²) in [7, 11) is 0. The Bertz CT molecular complexity index is 568. The lowest BCUT2D eigenvalue weighted by Gasteiger charge is -2.33. The van der Waals surface area contributed by atoms with Crippen molar-refractivity contribution in [2.45, 2.75) is 30.1 Å². The molecule has 2 N–H and O–H groups in total. The highest BCUT2D eigenvalue weighted by atomic mass is 32.2. The number of carbonyl (C=O) groups is 2. The zero-order valence-electron chi connectivity index (χ0n) is 11.8. The number of hydrogen-bond acceptors (Lipinski definition) is 4. The van der Waals surface area contributed by atoms with Gasteiger partial charge in [0.2, 0.25) is 0 Å². The molecule has 1 aromatic heterocycles. The van der Waals surface area contributed by atoms with Gasteiger partial charge in [0.1, 0.15) is 0 Å². The van der Waals surface area contributed by atoms with Crippen LogP contribution in [-0.4, -0.2) is 46.1 Å². The van der Waals surface area contributed by atoms with E-state index in [1.54, 1.807) is 23.1 Å². The first-order valence-corrected chi connectivity index (χ1v) is 9.05. The third-order valence-electron chi connectivity index (χ3n) is 4.26. The summed E-state index contributed by atoms with van der Waals surface area (Å²) in [6.07, 6.45) is 5.02. The molecule has 1 aromatic rings. The van der Waals surface area contributed by atoms with Crippen molar-refractivity contribution in [2.75, 3.05) is 19.3 Å². The molecule has 114 valence electrons. The smallest absolute Gasteiger partial charge is 0.331 e. The molecule has 1 atom stereocenters. The number of thiophene rings is 1. The van der Waals surface area contributed by atoms with E-state index in [0.717, 1.165) is 29.7 Å². The fraction of sp³-hybridized carbons (Fsp3) is 0.571. The third-order valence-corrected chi connectivity index (χ3v) is 6.68. The van der Waals surface area contributed by atoms with E-state index in [4.69, 9.17) is 0 Å². The highest BCUT2D eigenvalue weighted by Gasteiger charge is 2.43. The highest BCUT2D eigenvalue weighted by Crippen LogP contribution is 2.46. The number of fused-ring (bicyclic) bond motifs is 1. The number of carbonyl (C=O) groups excluding carboxylic acids is 1. The molecule has 7 heteroatoms. The maximum atomic E-state index is 12.4. The summed E-state index contributed by atoms with van der Waals surface area (Å²) < 4.78 is 0.178. The Morgan fingerprint density at radius 1 is 1.57 bits per heavy atom. The van der Waals surface area contributed by atoms with Crippen LogP contribution in [0.2, 0.25) is 0 Å². The van der Waals surface area contributed by atoms with E-state index in [9.17, 15) is 14.7 Å². The van der Waals surface area contributed by atoms with Gasteiger partial charge in [0.05, 0.1) is 0 Å². The van der Waals surface area contributed by atoms with E-state index in [1.807, 2.05) is 11.4 Å². The lowest BCUT2D eigenvalue weighted by molar-refractivity contribution is -0.142. The average molecular weight is 326 g/mol. The molecule has 3 rings (SSSR count). The molecule has 0 spiro atoms. The molecular formula is C14H18N2O3S2. The zero-order valence-corrected chi connectivity index (χ0v) is 13.4. The summed E-state index contributed by atoms with van der Waals surface area (Å²) >= 11 is 3.34. The van der Waals surface area contributed by atoms with Crippen LogP contribution in [0.5, 0.6) is 0 Å². The van der Waals surface area contributed by atoms with Crippen molar-refractivity contribution < 1.29 is 14.7 Å². The lowest BCUT2D eigenvalue weighted by atomic mass is 10.0. The van der Waals surface area contributed by atoms with Crippen molar-refractivity contribution in [2.24, 2.45) is 0 Å². The Morgan fingerprint density at radius 3 is 2.95 bits per heavy atom. The van der Waals surface area contributed by atoms with E-state index in [-0.39, 0.29) is 10.8 Å². The number of nitrogens with zero attached hydrogens (tertiary/aromatic N) is 1. The first kappa shape index (κ1) is 14.7. The van der Waals surface area contributed by atoms with Gasteiger partial charge in [0.25, 0.3) is 0 Å². The minimum atomic E-state index is -0.962. The molecule has 21 heavy (non-hydrogen) atoms. The minimum Gasteiger partial charge on any atom is -0.479 e. The normalized spacial score (nSPS) is 22.5. The van der Waals surface area contributed by atoms with Crippen LogP contribution < -0.4 is 5.32 Å². The molecule has 1 aliphatic carbocycles. The number of carboxylic acids is 1. The number of urea groups is 1. The summed E-state index contributed by atoms with van der Waals surface area (Å²) in [5, 5.41) is 14.3. The van der Waals surface area contributed by atoms with Crippen LogP contribution in [0.25, 0.3) is 0 Å². The predicted octanol–water partition coefficient (Wildman–Crippen LogP) is 2.34.